The van der Waals surface area contributed by atoms with E-state index in [1.807, 2.05) is 33.8 Å². The van der Waals surface area contributed by atoms with Gasteiger partial charge in [0.05, 0.1) is 0 Å². The fraction of sp³-hybridized carbons (Fsp3) is 0.368. The Hall–Kier alpha value is -2.21. The molecule has 0 amide bonds. The third-order valence-corrected chi connectivity index (χ3v) is 5.29. The van der Waals surface area contributed by atoms with Gasteiger partial charge >= 0.3 is 0 Å². The lowest BCUT2D eigenvalue weighted by molar-refractivity contribution is 0.101. The molecule has 0 atom stereocenters. The minimum absolute atomic E-state index is 0.113. The number of hydrogen-bond donors (Lipinski definition) is 0. The second-order valence-electron chi connectivity index (χ2n) is 6.48. The summed E-state index contributed by atoms with van der Waals surface area (Å²) in [7, 11) is 0. The lowest BCUT2D eigenvalue weighted by Gasteiger charge is -2.15. The summed E-state index contributed by atoms with van der Waals surface area (Å²) in [6.07, 6.45) is 0. The van der Waals surface area contributed by atoms with Gasteiger partial charge in [0.1, 0.15) is 0 Å². The predicted octanol–water partition coefficient (Wildman–Crippen LogP) is 4.16. The first-order chi connectivity index (χ1) is 11.8. The average molecular weight is 354 g/mol. The van der Waals surface area contributed by atoms with E-state index in [2.05, 4.69) is 28.1 Å². The molecule has 3 aromatic rings. The van der Waals surface area contributed by atoms with Gasteiger partial charge in [-0.3, -0.25) is 4.79 Å². The van der Waals surface area contributed by atoms with Crippen LogP contribution in [-0.2, 0) is 5.75 Å². The highest BCUT2D eigenvalue weighted by Crippen LogP contribution is 2.28. The predicted molar refractivity (Wildman–Crippen MR) is 100 cm³/mol. The van der Waals surface area contributed by atoms with E-state index in [4.69, 9.17) is 0 Å². The number of hydrogen-bond acceptors (Lipinski definition) is 5. The Morgan fingerprint density at radius 3 is 2.48 bits per heavy atom. The van der Waals surface area contributed by atoms with E-state index in [-0.39, 0.29) is 5.78 Å². The molecule has 3 rings (SSSR count). The molecule has 0 bridgehead atoms. The van der Waals surface area contributed by atoms with E-state index in [1.54, 1.807) is 23.2 Å². The Labute approximate surface area is 151 Å². The summed E-state index contributed by atoms with van der Waals surface area (Å²) in [5, 5.41) is 5.24. The maximum absolute atomic E-state index is 12.0. The van der Waals surface area contributed by atoms with E-state index in [1.165, 1.54) is 11.1 Å². The van der Waals surface area contributed by atoms with Crippen LogP contribution in [-0.4, -0.2) is 25.4 Å². The number of thioether (sulfide) groups is 1. The van der Waals surface area contributed by atoms with Crippen LogP contribution < -0.4 is 0 Å². The van der Waals surface area contributed by atoms with Crippen LogP contribution in [0.2, 0.25) is 0 Å². The Morgan fingerprint density at radius 1 is 1.08 bits per heavy atom. The van der Waals surface area contributed by atoms with Crippen LogP contribution >= 0.6 is 11.8 Å². The number of rotatable bonds is 4. The van der Waals surface area contributed by atoms with Crippen molar-refractivity contribution in [1.82, 2.24) is 19.6 Å². The van der Waals surface area contributed by atoms with Crippen LogP contribution in [0.3, 0.4) is 0 Å². The number of Topliss-reactive ketones (excluding diaryl/α,β-unsaturated/α-hetero) is 1. The van der Waals surface area contributed by atoms with Crippen molar-refractivity contribution in [3.05, 3.63) is 51.3 Å². The van der Waals surface area contributed by atoms with Crippen molar-refractivity contribution < 1.29 is 4.79 Å². The van der Waals surface area contributed by atoms with Crippen molar-refractivity contribution in [2.24, 2.45) is 0 Å². The van der Waals surface area contributed by atoms with Crippen LogP contribution in [0.15, 0.2) is 17.3 Å². The Balaban J connectivity index is 1.93. The summed E-state index contributed by atoms with van der Waals surface area (Å²) < 4.78 is 1.77. The van der Waals surface area contributed by atoms with E-state index in [0.717, 1.165) is 33.8 Å². The summed E-state index contributed by atoms with van der Waals surface area (Å²) in [5.41, 5.74) is 7.26. The molecule has 130 valence electrons. The fourth-order valence-electron chi connectivity index (χ4n) is 3.34. The number of carbonyl (C=O) groups is 1. The number of carbonyl (C=O) groups excluding carboxylic acids is 1. The zero-order valence-corrected chi connectivity index (χ0v) is 16.3. The van der Waals surface area contributed by atoms with Crippen molar-refractivity contribution >= 4 is 23.3 Å². The molecule has 2 aromatic heterocycles. The molecule has 0 aliphatic carbocycles. The fourth-order valence-corrected chi connectivity index (χ4v) is 4.34. The van der Waals surface area contributed by atoms with Gasteiger partial charge in [0, 0.05) is 22.7 Å². The van der Waals surface area contributed by atoms with Crippen molar-refractivity contribution in [1.29, 1.82) is 0 Å². The summed E-state index contributed by atoms with van der Waals surface area (Å²) in [5.74, 6) is 1.47. The van der Waals surface area contributed by atoms with Crippen LogP contribution in [0.1, 0.15) is 50.9 Å². The Morgan fingerprint density at radius 2 is 1.80 bits per heavy atom. The maximum atomic E-state index is 12.0. The molecule has 0 aliphatic rings. The minimum Gasteiger partial charge on any atom is -0.294 e. The largest absolute Gasteiger partial charge is 0.294 e. The molecule has 5 nitrogen and oxygen atoms in total. The van der Waals surface area contributed by atoms with Crippen LogP contribution in [0.25, 0.3) is 5.78 Å². The number of nitrogens with zero attached hydrogens (tertiary/aromatic N) is 4. The molecule has 1 aromatic carbocycles. The van der Waals surface area contributed by atoms with Crippen molar-refractivity contribution in [2.75, 3.05) is 0 Å². The van der Waals surface area contributed by atoms with Gasteiger partial charge in [0.2, 0.25) is 5.16 Å². The van der Waals surface area contributed by atoms with Gasteiger partial charge < -0.3 is 0 Å². The number of ketones is 1. The molecular weight excluding hydrogens is 332 g/mol. The number of aromatic nitrogens is 4. The third kappa shape index (κ3) is 3.31. The molecule has 2 heterocycles. The number of benzene rings is 1. The van der Waals surface area contributed by atoms with Crippen molar-refractivity contribution in [3.8, 4) is 0 Å². The molecule has 0 N–H and O–H groups in total. The molecule has 0 unspecified atom stereocenters. The minimum atomic E-state index is 0.113. The summed E-state index contributed by atoms with van der Waals surface area (Å²) in [4.78, 5) is 20.9. The number of aryl methyl sites for hydroxylation is 4. The monoisotopic (exact) mass is 354 g/mol. The first-order valence-electron chi connectivity index (χ1n) is 8.22. The first kappa shape index (κ1) is 17.6. The SMILES string of the molecule is CC(=O)c1c(C)cc(C)c(CSc2nc3nc(C)cc(C)n3n2)c1C. The van der Waals surface area contributed by atoms with Crippen LogP contribution in [0.5, 0.6) is 0 Å². The van der Waals surface area contributed by atoms with Gasteiger partial charge in [-0.1, -0.05) is 17.8 Å². The van der Waals surface area contributed by atoms with E-state index in [0.29, 0.717) is 10.9 Å². The molecule has 0 fully saturated rings. The van der Waals surface area contributed by atoms with E-state index in [9.17, 15) is 4.79 Å². The first-order valence-corrected chi connectivity index (χ1v) is 9.21. The molecular formula is C19H22N4OS. The topological polar surface area (TPSA) is 60.2 Å². The van der Waals surface area contributed by atoms with Gasteiger partial charge in [-0.2, -0.15) is 4.98 Å². The second-order valence-corrected chi connectivity index (χ2v) is 7.42. The normalized spacial score (nSPS) is 11.3. The standard InChI is InChI=1S/C19H22N4OS/c1-10-7-11(2)17(15(6)24)14(5)16(10)9-25-19-21-18-20-12(3)8-13(4)23(18)22-19/h7-8H,9H2,1-6H3. The van der Waals surface area contributed by atoms with Gasteiger partial charge in [0.15, 0.2) is 5.78 Å². The molecule has 0 saturated carbocycles. The molecule has 25 heavy (non-hydrogen) atoms. The summed E-state index contributed by atoms with van der Waals surface area (Å²) in [6.45, 7) is 11.7. The van der Waals surface area contributed by atoms with Crippen molar-refractivity contribution in [2.45, 2.75) is 52.5 Å². The van der Waals surface area contributed by atoms with Gasteiger partial charge in [-0.15, -0.1) is 5.10 Å². The van der Waals surface area contributed by atoms with Crippen molar-refractivity contribution in [3.63, 3.8) is 0 Å². The lowest BCUT2D eigenvalue weighted by atomic mass is 9.92. The third-order valence-electron chi connectivity index (χ3n) is 4.43. The van der Waals surface area contributed by atoms with Crippen LogP contribution in [0, 0.1) is 34.6 Å². The maximum Gasteiger partial charge on any atom is 0.253 e. The highest BCUT2D eigenvalue weighted by Gasteiger charge is 2.16. The molecule has 0 saturated heterocycles. The molecule has 0 aliphatic heterocycles. The van der Waals surface area contributed by atoms with Gasteiger partial charge in [0.25, 0.3) is 5.78 Å². The smallest absolute Gasteiger partial charge is 0.253 e. The zero-order valence-electron chi connectivity index (χ0n) is 15.5. The highest BCUT2D eigenvalue weighted by atomic mass is 32.2. The van der Waals surface area contributed by atoms with Gasteiger partial charge in [-0.05, 0) is 69.9 Å². The molecule has 6 heteroatoms. The summed E-state index contributed by atoms with van der Waals surface area (Å²) in [6, 6.07) is 4.08. The zero-order chi connectivity index (χ0) is 18.3. The Bertz CT molecular complexity index is 991. The van der Waals surface area contributed by atoms with Gasteiger partial charge in [-0.25, -0.2) is 9.50 Å². The molecule has 0 spiro atoms. The average Bonchev–Trinajstić information content (AvgIpc) is 2.89. The quantitative estimate of drug-likeness (QED) is 0.520. The number of fused-ring (bicyclic) bond motifs is 1. The second kappa shape index (κ2) is 6.59. The summed E-state index contributed by atoms with van der Waals surface area (Å²) >= 11 is 1.57. The molecule has 0 radical (unpaired) electrons. The van der Waals surface area contributed by atoms with E-state index < -0.39 is 0 Å². The van der Waals surface area contributed by atoms with Crippen LogP contribution in [0.4, 0.5) is 0 Å². The van der Waals surface area contributed by atoms with E-state index >= 15 is 0 Å². The lowest BCUT2D eigenvalue weighted by Crippen LogP contribution is -2.05. The Kier molecular flexibility index (Phi) is 4.64. The highest BCUT2D eigenvalue weighted by molar-refractivity contribution is 7.98.